The summed E-state index contributed by atoms with van der Waals surface area (Å²) in [6, 6.07) is 13.3. The molecule has 0 radical (unpaired) electrons. The van der Waals surface area contributed by atoms with E-state index in [1.807, 2.05) is 63.2 Å². The van der Waals surface area contributed by atoms with Crippen LogP contribution in [0.5, 0.6) is 0 Å². The lowest BCUT2D eigenvalue weighted by Crippen LogP contribution is -2.46. The molecule has 8 nitrogen and oxygen atoms in total. The number of tetrazole rings is 1. The third-order valence-corrected chi connectivity index (χ3v) is 5.88. The summed E-state index contributed by atoms with van der Waals surface area (Å²) in [5.41, 5.74) is 3.13. The maximum absolute atomic E-state index is 13.2. The quantitative estimate of drug-likeness (QED) is 0.570. The van der Waals surface area contributed by atoms with Crippen LogP contribution in [0.2, 0.25) is 5.02 Å². The molecule has 1 aliphatic rings. The molecule has 1 unspecified atom stereocenters. The summed E-state index contributed by atoms with van der Waals surface area (Å²) < 4.78 is 7.11. The molecule has 1 atom stereocenters. The Morgan fingerprint density at radius 1 is 1.09 bits per heavy atom. The van der Waals surface area contributed by atoms with Crippen LogP contribution in [0.3, 0.4) is 0 Å². The van der Waals surface area contributed by atoms with Crippen LogP contribution in [-0.2, 0) is 4.74 Å². The van der Waals surface area contributed by atoms with Crippen LogP contribution in [0, 0.1) is 0 Å². The third-order valence-electron chi connectivity index (χ3n) is 5.63. The molecule has 1 fully saturated rings. The molecule has 1 aliphatic heterocycles. The molecule has 174 valence electrons. The highest BCUT2D eigenvalue weighted by Gasteiger charge is 2.19. The number of hydrogen-bond acceptors (Lipinski definition) is 6. The van der Waals surface area contributed by atoms with Crippen molar-refractivity contribution in [2.45, 2.75) is 32.7 Å². The van der Waals surface area contributed by atoms with Gasteiger partial charge in [-0.25, -0.2) is 0 Å². The highest BCUT2D eigenvalue weighted by atomic mass is 35.5. The van der Waals surface area contributed by atoms with Gasteiger partial charge >= 0.3 is 0 Å². The third kappa shape index (κ3) is 5.76. The van der Waals surface area contributed by atoms with Crippen molar-refractivity contribution in [2.24, 2.45) is 0 Å². The number of hydrogen-bond donors (Lipinski definition) is 1. The van der Waals surface area contributed by atoms with Crippen LogP contribution >= 0.6 is 11.6 Å². The molecular formula is C24H29ClN6O2. The van der Waals surface area contributed by atoms with Crippen LogP contribution in [0.15, 0.2) is 42.5 Å². The monoisotopic (exact) mass is 468 g/mol. The zero-order valence-corrected chi connectivity index (χ0v) is 19.9. The number of aromatic nitrogens is 4. The van der Waals surface area contributed by atoms with Crippen molar-refractivity contribution in [3.63, 3.8) is 0 Å². The first kappa shape index (κ1) is 23.4. The summed E-state index contributed by atoms with van der Waals surface area (Å²) in [5, 5.41) is 16.0. The molecule has 0 bridgehead atoms. The smallest absolute Gasteiger partial charge is 0.251 e. The molecule has 0 spiro atoms. The molecule has 2 heterocycles. The van der Waals surface area contributed by atoms with Crippen molar-refractivity contribution in [1.29, 1.82) is 0 Å². The minimum atomic E-state index is -0.132. The maximum atomic E-state index is 13.2. The number of nitrogens with zero attached hydrogens (tertiary/aromatic N) is 5. The van der Waals surface area contributed by atoms with E-state index in [-0.39, 0.29) is 17.9 Å². The zero-order chi connectivity index (χ0) is 23.4. The second-order valence-electron chi connectivity index (χ2n) is 8.67. The zero-order valence-electron chi connectivity index (χ0n) is 19.2. The summed E-state index contributed by atoms with van der Waals surface area (Å²) in [6.45, 7) is 10.1. The molecule has 1 saturated heterocycles. The normalized spacial score (nSPS) is 15.5. The van der Waals surface area contributed by atoms with Crippen LogP contribution in [0.1, 0.15) is 42.9 Å². The van der Waals surface area contributed by atoms with Crippen LogP contribution in [0.4, 0.5) is 0 Å². The van der Waals surface area contributed by atoms with Gasteiger partial charge in [0.25, 0.3) is 5.91 Å². The van der Waals surface area contributed by atoms with Gasteiger partial charge in [-0.05, 0) is 58.8 Å². The van der Waals surface area contributed by atoms with Crippen molar-refractivity contribution < 1.29 is 9.53 Å². The Morgan fingerprint density at radius 3 is 2.52 bits per heavy atom. The fourth-order valence-electron chi connectivity index (χ4n) is 3.94. The minimum Gasteiger partial charge on any atom is -0.379 e. The van der Waals surface area contributed by atoms with Gasteiger partial charge in [0.15, 0.2) is 5.82 Å². The lowest BCUT2D eigenvalue weighted by atomic mass is 10.0. The van der Waals surface area contributed by atoms with Crippen molar-refractivity contribution in [3.8, 4) is 16.8 Å². The number of halogens is 1. The van der Waals surface area contributed by atoms with Gasteiger partial charge in [-0.1, -0.05) is 37.6 Å². The first-order valence-electron chi connectivity index (χ1n) is 11.2. The molecule has 1 aromatic heterocycles. The van der Waals surface area contributed by atoms with Gasteiger partial charge in [-0.3, -0.25) is 9.69 Å². The number of rotatable bonds is 7. The second-order valence-corrected chi connectivity index (χ2v) is 9.10. The number of amides is 1. The molecule has 2 aromatic carbocycles. The fourth-order valence-corrected chi connectivity index (χ4v) is 4.06. The number of carbonyl (C=O) groups is 1. The van der Waals surface area contributed by atoms with E-state index in [2.05, 4.69) is 25.7 Å². The Labute approximate surface area is 198 Å². The minimum absolute atomic E-state index is 0.00232. The van der Waals surface area contributed by atoms with Crippen molar-refractivity contribution in [2.75, 3.05) is 32.8 Å². The first-order valence-corrected chi connectivity index (χ1v) is 11.6. The SMILES string of the molecule is CC(CN1CCOCC1)NC(=O)c1cc(-c2ccc(Cl)cc2)cc(-n2nnnc2C(C)C)c1. The summed E-state index contributed by atoms with van der Waals surface area (Å²) in [4.78, 5) is 15.5. The molecule has 33 heavy (non-hydrogen) atoms. The van der Waals surface area contributed by atoms with Gasteiger partial charge < -0.3 is 10.1 Å². The van der Waals surface area contributed by atoms with E-state index in [4.69, 9.17) is 16.3 Å². The van der Waals surface area contributed by atoms with Gasteiger partial charge in [0.2, 0.25) is 0 Å². The molecule has 0 saturated carbocycles. The average Bonchev–Trinajstić information content (AvgIpc) is 3.30. The highest BCUT2D eigenvalue weighted by Crippen LogP contribution is 2.27. The molecule has 4 rings (SSSR count). The number of morpholine rings is 1. The van der Waals surface area contributed by atoms with Crippen LogP contribution in [0.25, 0.3) is 16.8 Å². The topological polar surface area (TPSA) is 85.2 Å². The number of nitrogens with one attached hydrogen (secondary N) is 1. The molecule has 1 amide bonds. The van der Waals surface area contributed by atoms with Gasteiger partial charge in [-0.2, -0.15) is 4.68 Å². The fraction of sp³-hybridized carbons (Fsp3) is 0.417. The van der Waals surface area contributed by atoms with E-state index >= 15 is 0 Å². The first-order chi connectivity index (χ1) is 15.9. The van der Waals surface area contributed by atoms with Gasteiger partial charge in [-0.15, -0.1) is 5.10 Å². The van der Waals surface area contributed by atoms with Crippen LogP contribution in [-0.4, -0.2) is 69.9 Å². The Balaban J connectivity index is 1.64. The molecule has 0 aliphatic carbocycles. The predicted octanol–water partition coefficient (Wildman–Crippen LogP) is 3.56. The van der Waals surface area contributed by atoms with E-state index in [1.165, 1.54) is 0 Å². The summed E-state index contributed by atoms with van der Waals surface area (Å²) in [7, 11) is 0. The van der Waals surface area contributed by atoms with Gasteiger partial charge in [0.05, 0.1) is 18.9 Å². The van der Waals surface area contributed by atoms with Crippen molar-refractivity contribution in [1.82, 2.24) is 30.4 Å². The van der Waals surface area contributed by atoms with Crippen LogP contribution < -0.4 is 5.32 Å². The van der Waals surface area contributed by atoms with E-state index in [9.17, 15) is 4.79 Å². The largest absolute Gasteiger partial charge is 0.379 e. The lowest BCUT2D eigenvalue weighted by molar-refractivity contribution is 0.0342. The molecular weight excluding hydrogens is 440 g/mol. The summed E-state index contributed by atoms with van der Waals surface area (Å²) >= 11 is 6.08. The lowest BCUT2D eigenvalue weighted by Gasteiger charge is -2.29. The van der Waals surface area contributed by atoms with E-state index in [0.717, 1.165) is 55.5 Å². The highest BCUT2D eigenvalue weighted by molar-refractivity contribution is 6.30. The Bertz CT molecular complexity index is 1090. The van der Waals surface area contributed by atoms with Gasteiger partial charge in [0, 0.05) is 42.2 Å². The Kier molecular flexibility index (Phi) is 7.37. The van der Waals surface area contributed by atoms with E-state index in [1.54, 1.807) is 4.68 Å². The number of ether oxygens (including phenoxy) is 1. The number of carbonyl (C=O) groups excluding carboxylic acids is 1. The molecule has 1 N–H and O–H groups in total. The van der Waals surface area contributed by atoms with Crippen molar-refractivity contribution in [3.05, 3.63) is 58.9 Å². The maximum Gasteiger partial charge on any atom is 0.251 e. The summed E-state index contributed by atoms with van der Waals surface area (Å²) in [5.74, 6) is 0.729. The Morgan fingerprint density at radius 2 is 1.82 bits per heavy atom. The average molecular weight is 469 g/mol. The standard InChI is InChI=1S/C24H29ClN6O2/c1-16(2)23-27-28-29-31(23)22-13-19(18-4-6-21(25)7-5-18)12-20(14-22)24(32)26-17(3)15-30-8-10-33-11-9-30/h4-7,12-14,16-17H,8-11,15H2,1-3H3,(H,26,32). The summed E-state index contributed by atoms with van der Waals surface area (Å²) in [6.07, 6.45) is 0. The predicted molar refractivity (Wildman–Crippen MR) is 128 cm³/mol. The molecule has 9 heteroatoms. The van der Waals surface area contributed by atoms with E-state index in [0.29, 0.717) is 10.6 Å². The van der Waals surface area contributed by atoms with E-state index < -0.39 is 0 Å². The van der Waals surface area contributed by atoms with Crippen molar-refractivity contribution >= 4 is 17.5 Å². The second kappa shape index (κ2) is 10.4. The van der Waals surface area contributed by atoms with Gasteiger partial charge in [0.1, 0.15) is 0 Å². The Hall–Kier alpha value is -2.81. The number of benzene rings is 2. The molecule has 3 aromatic rings.